The van der Waals surface area contributed by atoms with Gasteiger partial charge in [0.1, 0.15) is 0 Å². The summed E-state index contributed by atoms with van der Waals surface area (Å²) in [6.07, 6.45) is 2.64. The SMILES string of the molecule is CCN=C(NN)N(CC)CC1CCCO1. The lowest BCUT2D eigenvalue weighted by molar-refractivity contribution is 0.0914. The first-order chi connectivity index (χ1) is 7.31. The molecule has 0 aromatic rings. The Morgan fingerprint density at radius 3 is 2.87 bits per heavy atom. The molecule has 0 radical (unpaired) electrons. The second kappa shape index (κ2) is 6.63. The van der Waals surface area contributed by atoms with E-state index in [-0.39, 0.29) is 0 Å². The predicted molar refractivity (Wildman–Crippen MR) is 61.5 cm³/mol. The molecule has 5 nitrogen and oxygen atoms in total. The highest BCUT2D eigenvalue weighted by Crippen LogP contribution is 2.13. The van der Waals surface area contributed by atoms with Crippen LogP contribution in [0.5, 0.6) is 0 Å². The number of nitrogens with two attached hydrogens (primary N) is 1. The minimum Gasteiger partial charge on any atom is -0.376 e. The molecule has 1 aliphatic rings. The van der Waals surface area contributed by atoms with Gasteiger partial charge >= 0.3 is 0 Å². The average Bonchev–Trinajstić information content (AvgIpc) is 2.75. The summed E-state index contributed by atoms with van der Waals surface area (Å²) in [7, 11) is 0. The van der Waals surface area contributed by atoms with E-state index in [0.29, 0.717) is 6.10 Å². The summed E-state index contributed by atoms with van der Waals surface area (Å²) < 4.78 is 5.59. The first-order valence-electron chi connectivity index (χ1n) is 5.69. The molecule has 15 heavy (non-hydrogen) atoms. The highest BCUT2D eigenvalue weighted by molar-refractivity contribution is 5.79. The van der Waals surface area contributed by atoms with Gasteiger partial charge in [-0.3, -0.25) is 10.4 Å². The molecule has 0 aliphatic carbocycles. The van der Waals surface area contributed by atoms with Crippen molar-refractivity contribution in [2.75, 3.05) is 26.2 Å². The van der Waals surface area contributed by atoms with E-state index in [2.05, 4.69) is 22.2 Å². The maximum Gasteiger partial charge on any atom is 0.208 e. The fourth-order valence-electron chi connectivity index (χ4n) is 1.79. The third kappa shape index (κ3) is 3.68. The van der Waals surface area contributed by atoms with Crippen LogP contribution in [0.1, 0.15) is 26.7 Å². The van der Waals surface area contributed by atoms with Gasteiger partial charge in [-0.1, -0.05) is 0 Å². The first-order valence-corrected chi connectivity index (χ1v) is 5.69. The van der Waals surface area contributed by atoms with Crippen LogP contribution in [0.25, 0.3) is 0 Å². The molecule has 1 saturated heterocycles. The zero-order valence-electron chi connectivity index (χ0n) is 9.70. The van der Waals surface area contributed by atoms with Gasteiger partial charge < -0.3 is 9.64 Å². The first kappa shape index (κ1) is 12.3. The molecule has 1 unspecified atom stereocenters. The number of hydrazine groups is 1. The quantitative estimate of drug-likeness (QED) is 0.306. The van der Waals surface area contributed by atoms with Gasteiger partial charge in [-0.25, -0.2) is 5.84 Å². The molecule has 1 fully saturated rings. The Morgan fingerprint density at radius 1 is 1.60 bits per heavy atom. The van der Waals surface area contributed by atoms with Crippen LogP contribution in [-0.2, 0) is 4.74 Å². The molecule has 0 bridgehead atoms. The van der Waals surface area contributed by atoms with Crippen LogP contribution >= 0.6 is 0 Å². The van der Waals surface area contributed by atoms with E-state index < -0.39 is 0 Å². The summed E-state index contributed by atoms with van der Waals surface area (Å²) >= 11 is 0. The lowest BCUT2D eigenvalue weighted by Crippen LogP contribution is -2.47. The summed E-state index contributed by atoms with van der Waals surface area (Å²) in [5.41, 5.74) is 2.65. The molecule has 5 heteroatoms. The Kier molecular flexibility index (Phi) is 5.42. The number of guanidine groups is 1. The van der Waals surface area contributed by atoms with E-state index in [1.807, 2.05) is 6.92 Å². The van der Waals surface area contributed by atoms with E-state index in [1.54, 1.807) is 0 Å². The van der Waals surface area contributed by atoms with Gasteiger partial charge in [-0.15, -0.1) is 0 Å². The zero-order chi connectivity index (χ0) is 11.1. The molecular weight excluding hydrogens is 192 g/mol. The van der Waals surface area contributed by atoms with Gasteiger partial charge in [-0.2, -0.15) is 0 Å². The van der Waals surface area contributed by atoms with Crippen molar-refractivity contribution in [3.8, 4) is 0 Å². The van der Waals surface area contributed by atoms with Crippen LogP contribution in [0.2, 0.25) is 0 Å². The summed E-state index contributed by atoms with van der Waals surface area (Å²) in [5, 5.41) is 0. The Labute approximate surface area is 91.6 Å². The molecule has 0 aromatic carbocycles. The summed E-state index contributed by atoms with van der Waals surface area (Å²) in [5.74, 6) is 6.21. The van der Waals surface area contributed by atoms with Crippen molar-refractivity contribution in [2.45, 2.75) is 32.8 Å². The standard InChI is InChI=1S/C10H22N4O/c1-3-12-10(13-11)14(4-2)8-9-6-5-7-15-9/h9H,3-8,11H2,1-2H3,(H,12,13). The molecule has 0 aromatic heterocycles. The van der Waals surface area contributed by atoms with Crippen molar-refractivity contribution in [1.29, 1.82) is 0 Å². The van der Waals surface area contributed by atoms with Gasteiger partial charge in [0.05, 0.1) is 6.10 Å². The lowest BCUT2D eigenvalue weighted by Gasteiger charge is -2.26. The zero-order valence-corrected chi connectivity index (χ0v) is 9.70. The maximum atomic E-state index is 5.59. The van der Waals surface area contributed by atoms with Crippen LogP contribution < -0.4 is 11.3 Å². The van der Waals surface area contributed by atoms with E-state index in [4.69, 9.17) is 10.6 Å². The maximum absolute atomic E-state index is 5.59. The van der Waals surface area contributed by atoms with Gasteiger partial charge in [0.15, 0.2) is 0 Å². The largest absolute Gasteiger partial charge is 0.376 e. The number of likely N-dealkylation sites (N-methyl/N-ethyl adjacent to an activating group) is 1. The molecule has 1 atom stereocenters. The van der Waals surface area contributed by atoms with Crippen LogP contribution in [0, 0.1) is 0 Å². The minimum absolute atomic E-state index is 0.334. The van der Waals surface area contributed by atoms with Crippen molar-refractivity contribution in [2.24, 2.45) is 10.8 Å². The second-order valence-electron chi connectivity index (χ2n) is 3.62. The molecule has 0 amide bonds. The highest BCUT2D eigenvalue weighted by Gasteiger charge is 2.19. The third-order valence-corrected chi connectivity index (χ3v) is 2.57. The molecule has 1 rings (SSSR count). The molecule has 88 valence electrons. The van der Waals surface area contributed by atoms with E-state index >= 15 is 0 Å². The van der Waals surface area contributed by atoms with Gasteiger partial charge in [0.25, 0.3) is 0 Å². The lowest BCUT2D eigenvalue weighted by atomic mass is 10.2. The van der Waals surface area contributed by atoms with Crippen molar-refractivity contribution in [3.05, 3.63) is 0 Å². The van der Waals surface area contributed by atoms with Gasteiger partial charge in [0, 0.05) is 26.2 Å². The Morgan fingerprint density at radius 2 is 2.40 bits per heavy atom. The third-order valence-electron chi connectivity index (χ3n) is 2.57. The monoisotopic (exact) mass is 214 g/mol. The van der Waals surface area contributed by atoms with Crippen LogP contribution in [0.15, 0.2) is 4.99 Å². The molecule has 0 saturated carbocycles. The average molecular weight is 214 g/mol. The van der Waals surface area contributed by atoms with Crippen molar-refractivity contribution < 1.29 is 4.74 Å². The van der Waals surface area contributed by atoms with Crippen molar-refractivity contribution in [3.63, 3.8) is 0 Å². The van der Waals surface area contributed by atoms with Crippen molar-refractivity contribution >= 4 is 5.96 Å². The number of ether oxygens (including phenoxy) is 1. The minimum atomic E-state index is 0.334. The molecule has 3 N–H and O–H groups in total. The smallest absolute Gasteiger partial charge is 0.208 e. The molecule has 1 heterocycles. The van der Waals surface area contributed by atoms with Gasteiger partial charge in [0.2, 0.25) is 5.96 Å². The van der Waals surface area contributed by atoms with E-state index in [9.17, 15) is 0 Å². The normalized spacial score (nSPS) is 21.8. The topological polar surface area (TPSA) is 62.9 Å². The number of hydrogen-bond acceptors (Lipinski definition) is 3. The number of nitrogens with one attached hydrogen (secondary N) is 1. The predicted octanol–water partition coefficient (Wildman–Crippen LogP) is 0.327. The Bertz CT molecular complexity index is 202. The molecule has 1 aliphatic heterocycles. The van der Waals surface area contributed by atoms with Crippen molar-refractivity contribution in [1.82, 2.24) is 10.3 Å². The van der Waals surface area contributed by atoms with Gasteiger partial charge in [-0.05, 0) is 26.7 Å². The number of nitrogens with zero attached hydrogens (tertiary/aromatic N) is 2. The van der Waals surface area contributed by atoms with E-state index in [0.717, 1.165) is 38.6 Å². The van der Waals surface area contributed by atoms with Crippen LogP contribution in [0.4, 0.5) is 0 Å². The summed E-state index contributed by atoms with van der Waals surface area (Å²) in [6.45, 7) is 7.48. The number of aliphatic imine (C=N–C) groups is 1. The molecule has 0 spiro atoms. The number of hydrogen-bond donors (Lipinski definition) is 2. The summed E-state index contributed by atoms with van der Waals surface area (Å²) in [4.78, 5) is 6.43. The fourth-order valence-corrected chi connectivity index (χ4v) is 1.79. The number of rotatable bonds is 4. The van der Waals surface area contributed by atoms with Crippen LogP contribution in [-0.4, -0.2) is 43.2 Å². The van der Waals surface area contributed by atoms with E-state index in [1.165, 1.54) is 6.42 Å². The fraction of sp³-hybridized carbons (Fsp3) is 0.900. The van der Waals surface area contributed by atoms with Crippen LogP contribution in [0.3, 0.4) is 0 Å². The molecular formula is C10H22N4O. The second-order valence-corrected chi connectivity index (χ2v) is 3.62. The Balaban J connectivity index is 2.48. The Hall–Kier alpha value is -0.810. The summed E-state index contributed by atoms with van der Waals surface area (Å²) in [6, 6.07) is 0. The highest BCUT2D eigenvalue weighted by atomic mass is 16.5.